The van der Waals surface area contributed by atoms with E-state index in [0.29, 0.717) is 12.8 Å². The van der Waals surface area contributed by atoms with Gasteiger partial charge in [-0.25, -0.2) is 0 Å². The van der Waals surface area contributed by atoms with Crippen LogP contribution in [0.2, 0.25) is 0 Å². The number of rotatable bonds is 8. The van der Waals surface area contributed by atoms with Gasteiger partial charge in [0.25, 0.3) is 0 Å². The van der Waals surface area contributed by atoms with Crippen molar-refractivity contribution in [2.24, 2.45) is 0 Å². The molecule has 2 atom stereocenters. The van der Waals surface area contributed by atoms with E-state index in [9.17, 15) is 10.2 Å². The molecule has 0 saturated carbocycles. The summed E-state index contributed by atoms with van der Waals surface area (Å²) in [7, 11) is 0. The molecule has 0 aromatic carbocycles. The zero-order valence-corrected chi connectivity index (χ0v) is 9.92. The normalized spacial score (nSPS) is 17.8. The Morgan fingerprint density at radius 2 is 1.64 bits per heavy atom. The summed E-state index contributed by atoms with van der Waals surface area (Å²) in [5.41, 5.74) is -0.833. The SMILES string of the molecule is CCCCC(O)(CCC)C(O)CCC. The van der Waals surface area contributed by atoms with Crippen LogP contribution in [0.5, 0.6) is 0 Å². The molecule has 14 heavy (non-hydrogen) atoms. The van der Waals surface area contributed by atoms with Crippen molar-refractivity contribution < 1.29 is 10.2 Å². The average Bonchev–Trinajstić information content (AvgIpc) is 2.15. The van der Waals surface area contributed by atoms with Gasteiger partial charge >= 0.3 is 0 Å². The standard InChI is InChI=1S/C12H26O2/c1-4-7-10-12(14,9-6-3)11(13)8-5-2/h11,13-14H,4-10H2,1-3H3. The third kappa shape index (κ3) is 4.43. The molecule has 0 spiro atoms. The highest BCUT2D eigenvalue weighted by atomic mass is 16.3. The van der Waals surface area contributed by atoms with E-state index < -0.39 is 11.7 Å². The molecule has 0 fully saturated rings. The Morgan fingerprint density at radius 3 is 2.07 bits per heavy atom. The third-order valence-corrected chi connectivity index (χ3v) is 2.83. The number of aliphatic hydroxyl groups excluding tert-OH is 1. The van der Waals surface area contributed by atoms with Crippen LogP contribution in [0.3, 0.4) is 0 Å². The molecule has 86 valence electrons. The van der Waals surface area contributed by atoms with Crippen LogP contribution >= 0.6 is 0 Å². The second-order valence-electron chi connectivity index (χ2n) is 4.26. The summed E-state index contributed by atoms with van der Waals surface area (Å²) in [6, 6.07) is 0. The van der Waals surface area contributed by atoms with Crippen LogP contribution in [-0.2, 0) is 0 Å². The van der Waals surface area contributed by atoms with E-state index in [0.717, 1.165) is 32.1 Å². The number of hydrogen-bond acceptors (Lipinski definition) is 2. The number of unbranched alkanes of at least 4 members (excludes halogenated alkanes) is 1. The van der Waals surface area contributed by atoms with E-state index in [-0.39, 0.29) is 0 Å². The number of hydrogen-bond donors (Lipinski definition) is 2. The summed E-state index contributed by atoms with van der Waals surface area (Å²) in [6.07, 6.45) is 5.55. The van der Waals surface area contributed by atoms with Crippen LogP contribution in [0, 0.1) is 0 Å². The molecule has 0 heterocycles. The van der Waals surface area contributed by atoms with Gasteiger partial charge in [-0.3, -0.25) is 0 Å². The van der Waals surface area contributed by atoms with E-state index >= 15 is 0 Å². The van der Waals surface area contributed by atoms with E-state index in [4.69, 9.17) is 0 Å². The predicted octanol–water partition coefficient (Wildman–Crippen LogP) is 2.87. The van der Waals surface area contributed by atoms with Gasteiger partial charge in [0.1, 0.15) is 0 Å². The molecule has 2 nitrogen and oxygen atoms in total. The Balaban J connectivity index is 4.19. The summed E-state index contributed by atoms with van der Waals surface area (Å²) in [5.74, 6) is 0. The molecule has 0 aliphatic heterocycles. The summed E-state index contributed by atoms with van der Waals surface area (Å²) in [6.45, 7) is 6.20. The van der Waals surface area contributed by atoms with Crippen molar-refractivity contribution >= 4 is 0 Å². The quantitative estimate of drug-likeness (QED) is 0.635. The Kier molecular flexibility index (Phi) is 7.20. The monoisotopic (exact) mass is 202 g/mol. The van der Waals surface area contributed by atoms with Crippen molar-refractivity contribution in [2.45, 2.75) is 77.4 Å². The lowest BCUT2D eigenvalue weighted by atomic mass is 9.84. The Bertz CT molecular complexity index is 136. The van der Waals surface area contributed by atoms with E-state index in [2.05, 4.69) is 13.8 Å². The maximum Gasteiger partial charge on any atom is 0.0905 e. The first-order chi connectivity index (χ1) is 6.60. The summed E-state index contributed by atoms with van der Waals surface area (Å²) >= 11 is 0. The third-order valence-electron chi connectivity index (χ3n) is 2.83. The highest BCUT2D eigenvalue weighted by Crippen LogP contribution is 2.26. The van der Waals surface area contributed by atoms with Crippen LogP contribution in [0.1, 0.15) is 65.7 Å². The molecule has 0 aliphatic rings. The van der Waals surface area contributed by atoms with Crippen molar-refractivity contribution in [1.82, 2.24) is 0 Å². The second kappa shape index (κ2) is 7.24. The van der Waals surface area contributed by atoms with Crippen molar-refractivity contribution in [2.75, 3.05) is 0 Å². The first kappa shape index (κ1) is 13.9. The van der Waals surface area contributed by atoms with Gasteiger partial charge in [0, 0.05) is 0 Å². The minimum atomic E-state index is -0.833. The van der Waals surface area contributed by atoms with Gasteiger partial charge in [-0.2, -0.15) is 0 Å². The fourth-order valence-corrected chi connectivity index (χ4v) is 1.92. The molecular weight excluding hydrogens is 176 g/mol. The first-order valence-electron chi connectivity index (χ1n) is 6.01. The lowest BCUT2D eigenvalue weighted by Gasteiger charge is -2.33. The topological polar surface area (TPSA) is 40.5 Å². The van der Waals surface area contributed by atoms with Crippen molar-refractivity contribution in [1.29, 1.82) is 0 Å². The fraction of sp³-hybridized carbons (Fsp3) is 1.00. The maximum atomic E-state index is 10.3. The zero-order chi connectivity index (χ0) is 11.0. The molecule has 0 aliphatic carbocycles. The van der Waals surface area contributed by atoms with Crippen LogP contribution in [0.4, 0.5) is 0 Å². The zero-order valence-electron chi connectivity index (χ0n) is 9.92. The lowest BCUT2D eigenvalue weighted by molar-refractivity contribution is -0.0902. The largest absolute Gasteiger partial charge is 0.390 e. The second-order valence-corrected chi connectivity index (χ2v) is 4.26. The van der Waals surface area contributed by atoms with Crippen LogP contribution in [0.15, 0.2) is 0 Å². The molecule has 0 amide bonds. The average molecular weight is 202 g/mol. The van der Waals surface area contributed by atoms with Gasteiger partial charge < -0.3 is 10.2 Å². The fourth-order valence-electron chi connectivity index (χ4n) is 1.92. The number of aliphatic hydroxyl groups is 2. The minimum absolute atomic E-state index is 0.543. The van der Waals surface area contributed by atoms with Gasteiger partial charge in [-0.05, 0) is 19.3 Å². The maximum absolute atomic E-state index is 10.3. The molecule has 2 N–H and O–H groups in total. The molecule has 0 aromatic heterocycles. The summed E-state index contributed by atoms with van der Waals surface area (Å²) in [4.78, 5) is 0. The first-order valence-corrected chi connectivity index (χ1v) is 6.01. The van der Waals surface area contributed by atoms with Crippen molar-refractivity contribution in [3.63, 3.8) is 0 Å². The Hall–Kier alpha value is -0.0800. The Morgan fingerprint density at radius 1 is 1.00 bits per heavy atom. The van der Waals surface area contributed by atoms with Crippen molar-refractivity contribution in [3.8, 4) is 0 Å². The minimum Gasteiger partial charge on any atom is -0.390 e. The Labute approximate surface area is 88.3 Å². The van der Waals surface area contributed by atoms with Gasteiger partial charge in [-0.1, -0.05) is 46.5 Å². The van der Waals surface area contributed by atoms with Gasteiger partial charge in [0.2, 0.25) is 0 Å². The highest BCUT2D eigenvalue weighted by molar-refractivity contribution is 4.85. The van der Waals surface area contributed by atoms with E-state index in [1.165, 1.54) is 0 Å². The molecule has 0 rings (SSSR count). The molecule has 0 radical (unpaired) electrons. The van der Waals surface area contributed by atoms with Crippen LogP contribution in [0.25, 0.3) is 0 Å². The molecule has 0 saturated heterocycles. The molecular formula is C12H26O2. The van der Waals surface area contributed by atoms with Gasteiger partial charge in [0.05, 0.1) is 11.7 Å². The molecule has 0 aromatic rings. The summed E-state index contributed by atoms with van der Waals surface area (Å²) < 4.78 is 0. The predicted molar refractivity (Wildman–Crippen MR) is 60.3 cm³/mol. The van der Waals surface area contributed by atoms with E-state index in [1.807, 2.05) is 6.92 Å². The van der Waals surface area contributed by atoms with Gasteiger partial charge in [-0.15, -0.1) is 0 Å². The smallest absolute Gasteiger partial charge is 0.0905 e. The highest BCUT2D eigenvalue weighted by Gasteiger charge is 2.32. The molecule has 2 unspecified atom stereocenters. The van der Waals surface area contributed by atoms with Gasteiger partial charge in [0.15, 0.2) is 0 Å². The molecule has 2 heteroatoms. The van der Waals surface area contributed by atoms with Crippen LogP contribution in [-0.4, -0.2) is 21.9 Å². The summed E-state index contributed by atoms with van der Waals surface area (Å²) in [5, 5.41) is 20.2. The molecule has 0 bridgehead atoms. The van der Waals surface area contributed by atoms with Crippen molar-refractivity contribution in [3.05, 3.63) is 0 Å². The van der Waals surface area contributed by atoms with E-state index in [1.54, 1.807) is 0 Å². The lowest BCUT2D eigenvalue weighted by Crippen LogP contribution is -2.42. The van der Waals surface area contributed by atoms with Crippen LogP contribution < -0.4 is 0 Å².